The van der Waals surface area contributed by atoms with Gasteiger partial charge in [0, 0.05) is 17.6 Å². The molecule has 0 bridgehead atoms. The third-order valence-electron chi connectivity index (χ3n) is 5.88. The van der Waals surface area contributed by atoms with Gasteiger partial charge in [-0.2, -0.15) is 0 Å². The van der Waals surface area contributed by atoms with Gasteiger partial charge in [0.1, 0.15) is 12.6 Å². The van der Waals surface area contributed by atoms with Gasteiger partial charge in [0.2, 0.25) is 21.8 Å². The molecule has 7 nitrogen and oxygen atoms in total. The molecule has 1 N–H and O–H groups in total. The second-order valence-corrected chi connectivity index (χ2v) is 11.0. The molecule has 0 aromatic heterocycles. The van der Waals surface area contributed by atoms with Gasteiger partial charge >= 0.3 is 0 Å². The highest BCUT2D eigenvalue weighted by Crippen LogP contribution is 2.26. The summed E-state index contributed by atoms with van der Waals surface area (Å²) in [6, 6.07) is 11.6. The summed E-state index contributed by atoms with van der Waals surface area (Å²) in [6.45, 7) is 8.92. The Balaban J connectivity index is 2.43. The number of sulfonamides is 1. The predicted octanol–water partition coefficient (Wildman–Crippen LogP) is 4.05. The molecule has 0 spiro atoms. The van der Waals surface area contributed by atoms with Crippen LogP contribution >= 0.6 is 11.6 Å². The van der Waals surface area contributed by atoms with E-state index in [0.717, 1.165) is 28.1 Å². The van der Waals surface area contributed by atoms with E-state index in [1.165, 1.54) is 4.90 Å². The third-order valence-corrected chi connectivity index (χ3v) is 7.24. The van der Waals surface area contributed by atoms with Crippen molar-refractivity contribution in [1.82, 2.24) is 10.2 Å². The van der Waals surface area contributed by atoms with E-state index in [1.54, 1.807) is 32.0 Å². The number of benzene rings is 2. The van der Waals surface area contributed by atoms with Gasteiger partial charge in [-0.05, 0) is 69.0 Å². The largest absolute Gasteiger partial charge is 0.352 e. The molecule has 2 atom stereocenters. The summed E-state index contributed by atoms with van der Waals surface area (Å²) < 4.78 is 26.4. The molecule has 0 aliphatic carbocycles. The Morgan fingerprint density at radius 2 is 1.71 bits per heavy atom. The van der Waals surface area contributed by atoms with Gasteiger partial charge in [0.05, 0.1) is 11.9 Å². The predicted molar refractivity (Wildman–Crippen MR) is 137 cm³/mol. The number of nitrogens with one attached hydrogen (secondary N) is 1. The number of halogens is 1. The SMILES string of the molecule is CC[C@@H](C)NC(=O)[C@@H](C)N(Cc1ccccc1C)C(=O)CN(c1ccc(Cl)cc1C)S(C)(=O)=O. The van der Waals surface area contributed by atoms with Crippen molar-refractivity contribution in [3.05, 3.63) is 64.2 Å². The topological polar surface area (TPSA) is 86.8 Å². The van der Waals surface area contributed by atoms with Crippen LogP contribution in [0.25, 0.3) is 0 Å². The van der Waals surface area contributed by atoms with Crippen LogP contribution in [0.15, 0.2) is 42.5 Å². The zero-order chi connectivity index (χ0) is 25.6. The molecule has 0 saturated heterocycles. The molecule has 0 fully saturated rings. The number of anilines is 1. The minimum atomic E-state index is -3.79. The Morgan fingerprint density at radius 3 is 2.26 bits per heavy atom. The summed E-state index contributed by atoms with van der Waals surface area (Å²) in [7, 11) is -3.79. The highest BCUT2D eigenvalue weighted by Gasteiger charge is 2.31. The number of carbonyl (C=O) groups is 2. The van der Waals surface area contributed by atoms with E-state index in [9.17, 15) is 18.0 Å². The molecule has 2 amide bonds. The smallest absolute Gasteiger partial charge is 0.244 e. The molecule has 2 rings (SSSR count). The second kappa shape index (κ2) is 11.7. The molecule has 0 saturated carbocycles. The molecule has 2 aromatic carbocycles. The van der Waals surface area contributed by atoms with E-state index in [1.807, 2.05) is 45.0 Å². The zero-order valence-electron chi connectivity index (χ0n) is 20.6. The van der Waals surface area contributed by atoms with Crippen LogP contribution < -0.4 is 9.62 Å². The number of carbonyl (C=O) groups excluding carboxylic acids is 2. The Labute approximate surface area is 208 Å². The van der Waals surface area contributed by atoms with Crippen LogP contribution in [0.4, 0.5) is 5.69 Å². The maximum Gasteiger partial charge on any atom is 0.244 e. The van der Waals surface area contributed by atoms with Crippen molar-refractivity contribution >= 4 is 39.1 Å². The van der Waals surface area contributed by atoms with Crippen molar-refractivity contribution in [3.63, 3.8) is 0 Å². The van der Waals surface area contributed by atoms with E-state index in [-0.39, 0.29) is 18.5 Å². The molecule has 186 valence electrons. The summed E-state index contributed by atoms with van der Waals surface area (Å²) in [4.78, 5) is 27.9. The maximum absolute atomic E-state index is 13.6. The van der Waals surface area contributed by atoms with Crippen LogP contribution in [0.5, 0.6) is 0 Å². The fourth-order valence-electron chi connectivity index (χ4n) is 3.51. The molecule has 9 heteroatoms. The number of rotatable bonds is 10. The molecule has 0 aliphatic heterocycles. The quantitative estimate of drug-likeness (QED) is 0.525. The van der Waals surface area contributed by atoms with Gasteiger partial charge in [0.15, 0.2) is 0 Å². The normalized spacial score (nSPS) is 13.1. The fraction of sp³-hybridized carbons (Fsp3) is 0.440. The lowest BCUT2D eigenvalue weighted by Gasteiger charge is -2.32. The Morgan fingerprint density at radius 1 is 1.06 bits per heavy atom. The van der Waals surface area contributed by atoms with Gasteiger partial charge in [-0.1, -0.05) is 42.8 Å². The fourth-order valence-corrected chi connectivity index (χ4v) is 4.65. The average molecular weight is 508 g/mol. The second-order valence-electron chi connectivity index (χ2n) is 8.64. The van der Waals surface area contributed by atoms with E-state index in [4.69, 9.17) is 11.6 Å². The molecular weight excluding hydrogens is 474 g/mol. The average Bonchev–Trinajstić information content (AvgIpc) is 2.76. The molecule has 0 heterocycles. The molecule has 2 aromatic rings. The van der Waals surface area contributed by atoms with E-state index in [2.05, 4.69) is 5.32 Å². The van der Waals surface area contributed by atoms with E-state index < -0.39 is 28.5 Å². The summed E-state index contributed by atoms with van der Waals surface area (Å²) in [5.74, 6) is -0.764. The highest BCUT2D eigenvalue weighted by molar-refractivity contribution is 7.92. The zero-order valence-corrected chi connectivity index (χ0v) is 22.2. The van der Waals surface area contributed by atoms with Crippen molar-refractivity contribution in [1.29, 1.82) is 0 Å². The van der Waals surface area contributed by atoms with Crippen molar-refractivity contribution in [2.75, 3.05) is 17.1 Å². The first-order chi connectivity index (χ1) is 15.8. The van der Waals surface area contributed by atoms with Crippen LogP contribution in [0.1, 0.15) is 43.9 Å². The Kier molecular flexibility index (Phi) is 9.53. The van der Waals surface area contributed by atoms with Crippen LogP contribution in [0.3, 0.4) is 0 Å². The van der Waals surface area contributed by atoms with Crippen molar-refractivity contribution in [2.45, 2.75) is 59.7 Å². The molecule has 0 radical (unpaired) electrons. The monoisotopic (exact) mass is 507 g/mol. The maximum atomic E-state index is 13.6. The van der Waals surface area contributed by atoms with Gasteiger partial charge in [0.25, 0.3) is 0 Å². The van der Waals surface area contributed by atoms with Gasteiger partial charge in [-0.25, -0.2) is 8.42 Å². The standard InChI is InChI=1S/C25H34ClN3O4S/c1-7-19(4)27-25(31)20(5)28(15-21-11-9-8-10-17(21)2)24(30)16-29(34(6,32)33)23-13-12-22(26)14-18(23)3/h8-14,19-20H,7,15-16H2,1-6H3,(H,27,31)/t19-,20-/m1/s1. The van der Waals surface area contributed by atoms with Crippen molar-refractivity contribution in [2.24, 2.45) is 0 Å². The summed E-state index contributed by atoms with van der Waals surface area (Å²) in [6.07, 6.45) is 1.81. The van der Waals surface area contributed by atoms with Crippen LogP contribution in [0, 0.1) is 13.8 Å². The number of aryl methyl sites for hydroxylation is 2. The first kappa shape index (κ1) is 27.7. The minimum Gasteiger partial charge on any atom is -0.352 e. The highest BCUT2D eigenvalue weighted by atomic mass is 35.5. The Bertz CT molecular complexity index is 1140. The van der Waals surface area contributed by atoms with Crippen LogP contribution in [0.2, 0.25) is 5.02 Å². The van der Waals surface area contributed by atoms with Gasteiger partial charge in [-0.3, -0.25) is 13.9 Å². The van der Waals surface area contributed by atoms with E-state index in [0.29, 0.717) is 16.3 Å². The van der Waals surface area contributed by atoms with Gasteiger partial charge < -0.3 is 10.2 Å². The summed E-state index contributed by atoms with van der Waals surface area (Å²) in [5, 5.41) is 3.39. The lowest BCUT2D eigenvalue weighted by Crippen LogP contribution is -2.52. The number of hydrogen-bond donors (Lipinski definition) is 1. The number of hydrogen-bond acceptors (Lipinski definition) is 4. The van der Waals surface area contributed by atoms with Crippen LogP contribution in [-0.2, 0) is 26.2 Å². The lowest BCUT2D eigenvalue weighted by atomic mass is 10.1. The first-order valence-electron chi connectivity index (χ1n) is 11.2. The van der Waals surface area contributed by atoms with Gasteiger partial charge in [-0.15, -0.1) is 0 Å². The number of nitrogens with zero attached hydrogens (tertiary/aromatic N) is 2. The lowest BCUT2D eigenvalue weighted by molar-refractivity contribution is -0.139. The summed E-state index contributed by atoms with van der Waals surface area (Å²) >= 11 is 6.04. The van der Waals surface area contributed by atoms with Crippen molar-refractivity contribution < 1.29 is 18.0 Å². The molecule has 34 heavy (non-hydrogen) atoms. The first-order valence-corrected chi connectivity index (χ1v) is 13.5. The van der Waals surface area contributed by atoms with Crippen molar-refractivity contribution in [3.8, 4) is 0 Å². The molecule has 0 aliphatic rings. The third kappa shape index (κ3) is 7.21. The molecular formula is C25H34ClN3O4S. The molecule has 0 unspecified atom stereocenters. The van der Waals surface area contributed by atoms with Crippen LogP contribution in [-0.4, -0.2) is 50.0 Å². The number of amides is 2. The summed E-state index contributed by atoms with van der Waals surface area (Å²) in [5.41, 5.74) is 2.85. The Hall–Kier alpha value is -2.58. The van der Waals surface area contributed by atoms with E-state index >= 15 is 0 Å². The minimum absolute atomic E-state index is 0.0467.